The van der Waals surface area contributed by atoms with E-state index in [9.17, 15) is 0 Å². The molecule has 0 nitrogen and oxygen atoms in total. The maximum absolute atomic E-state index is 2.56. The van der Waals surface area contributed by atoms with Gasteiger partial charge in [-0.1, -0.05) is 68.6 Å². The molecule has 45 heavy (non-hydrogen) atoms. The summed E-state index contributed by atoms with van der Waals surface area (Å²) in [5.74, 6) is 8.97. The third-order valence-electron chi connectivity index (χ3n) is 12.9. The van der Waals surface area contributed by atoms with Gasteiger partial charge in [-0.25, -0.2) is 12.1 Å². The van der Waals surface area contributed by atoms with Crippen LogP contribution in [0.15, 0.2) is 109 Å². The Labute approximate surface area is 284 Å². The fourth-order valence-electron chi connectivity index (χ4n) is 11.9. The second kappa shape index (κ2) is 13.2. The van der Waals surface area contributed by atoms with Crippen molar-refractivity contribution >= 4 is 37.1 Å². The number of benzene rings is 2. The normalized spacial score (nSPS) is 35.9. The van der Waals surface area contributed by atoms with Crippen LogP contribution in [0, 0.1) is 47.3 Å². The van der Waals surface area contributed by atoms with Crippen LogP contribution in [0.5, 0.6) is 0 Å². The molecule has 4 aromatic carbocycles. The van der Waals surface area contributed by atoms with Gasteiger partial charge in [0.1, 0.15) is 0 Å². The summed E-state index contributed by atoms with van der Waals surface area (Å²) in [6.07, 6.45) is 16.1. The summed E-state index contributed by atoms with van der Waals surface area (Å²) >= 11 is 0. The predicted octanol–water partition coefficient (Wildman–Crippen LogP) is 9.32. The number of hydrogen-bond donors (Lipinski definition) is 0. The second-order valence-electron chi connectivity index (χ2n) is 15.5. The number of rotatable bonds is 6. The van der Waals surface area contributed by atoms with Gasteiger partial charge in [-0.15, -0.1) is 5.30 Å². The SMILES string of the molecule is [Fe].[cH-]1[cH-][cH-][c-](P(C2C3CC4CC(C3)CC2C4)C2C3CC4CC(C3)CC2C4)[cH-]1.c1ccc(P(c2ccccc2)[c-]2cccc2)cc1. The predicted molar refractivity (Wildman–Crippen MR) is 191 cm³/mol. The fraction of sp³-hybridized carbons (Fsp3) is 0.476. The summed E-state index contributed by atoms with van der Waals surface area (Å²) in [6.45, 7) is 0. The summed E-state index contributed by atoms with van der Waals surface area (Å²) in [7, 11) is -0.327. The summed E-state index contributed by atoms with van der Waals surface area (Å²) in [5.41, 5.74) is 2.23. The molecule has 8 aliphatic carbocycles. The van der Waals surface area contributed by atoms with Crippen molar-refractivity contribution in [3.05, 3.63) is 109 Å². The van der Waals surface area contributed by atoms with E-state index in [1.807, 2.05) is 5.30 Å². The zero-order valence-corrected chi connectivity index (χ0v) is 29.4. The van der Waals surface area contributed by atoms with E-state index in [0.29, 0.717) is 0 Å². The van der Waals surface area contributed by atoms with Crippen molar-refractivity contribution in [1.82, 2.24) is 0 Å². The van der Waals surface area contributed by atoms with Crippen LogP contribution in [0.3, 0.4) is 0 Å². The van der Waals surface area contributed by atoms with E-state index in [0.717, 1.165) is 58.7 Å². The fourth-order valence-corrected chi connectivity index (χ4v) is 18.6. The summed E-state index contributed by atoms with van der Waals surface area (Å²) in [5, 5.41) is 6.06. The molecule has 3 heteroatoms. The molecule has 0 radical (unpaired) electrons. The minimum absolute atomic E-state index is 0. The summed E-state index contributed by atoms with van der Waals surface area (Å²) in [4.78, 5) is 0. The minimum Gasteiger partial charge on any atom is -0.747 e. The van der Waals surface area contributed by atoms with Gasteiger partial charge in [0.2, 0.25) is 0 Å². The zero-order chi connectivity index (χ0) is 29.0. The first-order valence-electron chi connectivity index (χ1n) is 17.9. The molecule has 8 bridgehead atoms. The summed E-state index contributed by atoms with van der Waals surface area (Å²) in [6, 6.07) is 40.1. The largest absolute Gasteiger partial charge is 0.747 e. The van der Waals surface area contributed by atoms with Gasteiger partial charge in [0.15, 0.2) is 0 Å². The molecule has 0 unspecified atom stereocenters. The van der Waals surface area contributed by atoms with Gasteiger partial charge in [-0.3, -0.25) is 7.92 Å². The van der Waals surface area contributed by atoms with Gasteiger partial charge in [0, 0.05) is 17.1 Å². The van der Waals surface area contributed by atoms with E-state index in [1.54, 1.807) is 64.2 Å². The molecular weight excluding hydrogens is 622 g/mol. The first kappa shape index (κ1) is 30.8. The van der Waals surface area contributed by atoms with Gasteiger partial charge >= 0.3 is 0 Å². The monoisotopic (exact) mass is 670 g/mol. The molecule has 8 fully saturated rings. The minimum atomic E-state index is -0.409. The zero-order valence-electron chi connectivity index (χ0n) is 26.5. The molecular formula is C42H48FeP2-6. The molecule has 0 aliphatic heterocycles. The van der Waals surface area contributed by atoms with Crippen molar-refractivity contribution in [2.24, 2.45) is 47.3 Å². The van der Waals surface area contributed by atoms with E-state index >= 15 is 0 Å². The van der Waals surface area contributed by atoms with Gasteiger partial charge in [0.05, 0.1) is 0 Å². The van der Waals surface area contributed by atoms with Crippen molar-refractivity contribution in [3.8, 4) is 0 Å². The first-order chi connectivity index (χ1) is 21.8. The van der Waals surface area contributed by atoms with Gasteiger partial charge in [-0.05, 0) is 133 Å². The topological polar surface area (TPSA) is 0 Å². The molecule has 240 valence electrons. The molecule has 0 atom stereocenters. The van der Waals surface area contributed by atoms with Crippen molar-refractivity contribution in [2.75, 3.05) is 0 Å². The molecule has 4 aromatic rings. The average Bonchev–Trinajstić information content (AvgIpc) is 3.76. The smallest absolute Gasteiger partial charge is 0 e. The van der Waals surface area contributed by atoms with Gasteiger partial charge in [-0.2, -0.15) is 12.1 Å². The Morgan fingerprint density at radius 2 is 0.867 bits per heavy atom. The Bertz CT molecular complexity index is 1360. The van der Waals surface area contributed by atoms with Crippen LogP contribution in [-0.2, 0) is 17.1 Å². The van der Waals surface area contributed by atoms with Crippen LogP contribution in [0.1, 0.15) is 64.2 Å². The quantitative estimate of drug-likeness (QED) is 0.109. The van der Waals surface area contributed by atoms with Crippen LogP contribution >= 0.6 is 15.8 Å². The van der Waals surface area contributed by atoms with Crippen LogP contribution < -0.4 is 21.2 Å². The van der Waals surface area contributed by atoms with E-state index < -0.39 is 7.92 Å². The molecule has 0 N–H and O–H groups in total. The van der Waals surface area contributed by atoms with Crippen LogP contribution in [0.25, 0.3) is 0 Å². The maximum atomic E-state index is 2.56. The molecule has 0 amide bonds. The average molecular weight is 671 g/mol. The van der Waals surface area contributed by atoms with Crippen LogP contribution in [-0.4, -0.2) is 11.3 Å². The summed E-state index contributed by atoms with van der Waals surface area (Å²) < 4.78 is 0. The Kier molecular flexibility index (Phi) is 9.04. The molecule has 12 rings (SSSR count). The van der Waals surface area contributed by atoms with E-state index in [4.69, 9.17) is 0 Å². The van der Waals surface area contributed by atoms with E-state index in [-0.39, 0.29) is 25.0 Å². The number of hydrogen-bond acceptors (Lipinski definition) is 0. The molecule has 0 saturated heterocycles. The van der Waals surface area contributed by atoms with E-state index in [2.05, 4.69) is 109 Å². The van der Waals surface area contributed by atoms with Crippen molar-refractivity contribution in [1.29, 1.82) is 0 Å². The molecule has 8 aliphatic rings. The molecule has 8 saturated carbocycles. The first-order valence-corrected chi connectivity index (χ1v) is 20.7. The Hall–Kier alpha value is -1.48. The third-order valence-corrected chi connectivity index (χ3v) is 19.2. The second-order valence-corrected chi connectivity index (χ2v) is 20.3. The van der Waals surface area contributed by atoms with Crippen LogP contribution in [0.2, 0.25) is 0 Å². The Morgan fingerprint density at radius 3 is 1.24 bits per heavy atom. The standard InChI is InChI=1S/C25H34P.C17H14P.Fe/c1-2-4-23(3-1)26(24-19-7-15-5-16(9-19)10-20(24)8-15)25-21-11-17-6-18(13-21)14-22(25)12-17;1-3-9-15(10-4-1)18(17-13-7-8-14-17)16-11-5-2-6-12-16;/h1-4,15-22,24-25H,5-14H2;1-14H;/q-5;-1;. The van der Waals surface area contributed by atoms with Crippen LogP contribution in [0.4, 0.5) is 0 Å². The third kappa shape index (κ3) is 5.93. The Morgan fingerprint density at radius 1 is 0.489 bits per heavy atom. The molecule has 0 heterocycles. The van der Waals surface area contributed by atoms with Crippen molar-refractivity contribution in [2.45, 2.75) is 75.5 Å². The van der Waals surface area contributed by atoms with E-state index in [1.165, 1.54) is 15.9 Å². The molecule has 0 aromatic heterocycles. The van der Waals surface area contributed by atoms with Gasteiger partial charge < -0.3 is 29.6 Å². The maximum Gasteiger partial charge on any atom is 0 e. The van der Waals surface area contributed by atoms with Gasteiger partial charge in [0.25, 0.3) is 0 Å². The Balaban J connectivity index is 0.000000140. The van der Waals surface area contributed by atoms with Crippen molar-refractivity contribution in [3.63, 3.8) is 0 Å². The molecule has 0 spiro atoms. The van der Waals surface area contributed by atoms with Crippen molar-refractivity contribution < 1.29 is 17.1 Å².